The second-order valence-corrected chi connectivity index (χ2v) is 8.63. The van der Waals surface area contributed by atoms with Crippen LogP contribution < -0.4 is 10.6 Å². The van der Waals surface area contributed by atoms with E-state index in [0.717, 1.165) is 10.4 Å². The predicted molar refractivity (Wildman–Crippen MR) is 107 cm³/mol. The van der Waals surface area contributed by atoms with Gasteiger partial charge < -0.3 is 20.3 Å². The van der Waals surface area contributed by atoms with Crippen molar-refractivity contribution >= 4 is 29.1 Å². The maximum atomic E-state index is 12.5. The van der Waals surface area contributed by atoms with Gasteiger partial charge in [-0.15, -0.1) is 11.3 Å². The Morgan fingerprint density at radius 1 is 1.26 bits per heavy atom. The first-order valence-corrected chi connectivity index (χ1v) is 9.82. The van der Waals surface area contributed by atoms with Gasteiger partial charge in [0.1, 0.15) is 6.61 Å². The Hall–Kier alpha value is -2.54. The molecule has 1 atom stereocenters. The third-order valence-corrected chi connectivity index (χ3v) is 5.34. The molecule has 0 bridgehead atoms. The Balaban J connectivity index is 1.59. The van der Waals surface area contributed by atoms with Crippen molar-refractivity contribution in [1.29, 1.82) is 0 Å². The normalized spacial score (nSPS) is 15.4. The number of hydrogen-bond acceptors (Lipinski definition) is 4. The van der Waals surface area contributed by atoms with Gasteiger partial charge in [0.25, 0.3) is 0 Å². The quantitative estimate of drug-likeness (QED) is 0.787. The molecule has 144 valence electrons. The standard InChI is InChI=1S/C20H25N3O3S/c1-20(2,3)17(16-5-4-12-27-16)22-18(24)21-15-8-6-14(7-9-15)13-23-10-11-26-19(23)25/h4-9,12,17H,10-11,13H2,1-3H3,(H2,21,22,24)/t17-/m1/s1. The second kappa shape index (κ2) is 8.00. The molecule has 2 aromatic rings. The molecule has 0 radical (unpaired) electrons. The average Bonchev–Trinajstić information content (AvgIpc) is 3.26. The largest absolute Gasteiger partial charge is 0.448 e. The molecule has 3 amide bonds. The zero-order chi connectivity index (χ0) is 19.4. The number of carbonyl (C=O) groups excluding carboxylic acids is 2. The van der Waals surface area contributed by atoms with Crippen molar-refractivity contribution < 1.29 is 14.3 Å². The van der Waals surface area contributed by atoms with E-state index in [1.807, 2.05) is 41.8 Å². The van der Waals surface area contributed by atoms with Gasteiger partial charge in [0, 0.05) is 17.1 Å². The van der Waals surface area contributed by atoms with E-state index < -0.39 is 0 Å². The van der Waals surface area contributed by atoms with Gasteiger partial charge in [-0.1, -0.05) is 39.0 Å². The number of urea groups is 1. The number of thiophene rings is 1. The number of anilines is 1. The molecule has 0 aliphatic carbocycles. The molecule has 1 aromatic heterocycles. The van der Waals surface area contributed by atoms with Crippen molar-refractivity contribution in [3.8, 4) is 0 Å². The maximum absolute atomic E-state index is 12.5. The van der Waals surface area contributed by atoms with Gasteiger partial charge in [0.15, 0.2) is 0 Å². The third kappa shape index (κ3) is 5.01. The highest BCUT2D eigenvalue weighted by Crippen LogP contribution is 2.35. The molecule has 2 heterocycles. The van der Waals surface area contributed by atoms with Gasteiger partial charge in [-0.05, 0) is 34.6 Å². The highest BCUT2D eigenvalue weighted by Gasteiger charge is 2.28. The molecule has 1 saturated heterocycles. The molecule has 0 saturated carbocycles. The Bertz CT molecular complexity index is 782. The Kier molecular flexibility index (Phi) is 5.70. The molecule has 0 spiro atoms. The molecule has 7 heteroatoms. The van der Waals surface area contributed by atoms with Gasteiger partial charge in [-0.2, -0.15) is 0 Å². The lowest BCUT2D eigenvalue weighted by Crippen LogP contribution is -2.38. The number of nitrogens with one attached hydrogen (secondary N) is 2. The van der Waals surface area contributed by atoms with Crippen LogP contribution in [0.15, 0.2) is 41.8 Å². The van der Waals surface area contributed by atoms with E-state index in [0.29, 0.717) is 25.4 Å². The monoisotopic (exact) mass is 387 g/mol. The first-order valence-electron chi connectivity index (χ1n) is 8.94. The Morgan fingerprint density at radius 2 is 2.00 bits per heavy atom. The third-order valence-electron chi connectivity index (χ3n) is 4.40. The zero-order valence-corrected chi connectivity index (χ0v) is 16.6. The molecule has 1 aliphatic heterocycles. The summed E-state index contributed by atoms with van der Waals surface area (Å²) in [5, 5.41) is 7.98. The van der Waals surface area contributed by atoms with Gasteiger partial charge in [0.05, 0.1) is 12.6 Å². The fraction of sp³-hybridized carbons (Fsp3) is 0.400. The minimum atomic E-state index is -0.279. The fourth-order valence-corrected chi connectivity index (χ4v) is 3.97. The van der Waals surface area contributed by atoms with Gasteiger partial charge in [-0.25, -0.2) is 9.59 Å². The summed E-state index contributed by atoms with van der Waals surface area (Å²) < 4.78 is 4.93. The van der Waals surface area contributed by atoms with Crippen LogP contribution in [0.4, 0.5) is 15.3 Å². The van der Waals surface area contributed by atoms with E-state index in [1.54, 1.807) is 16.2 Å². The Labute approximate surface area is 163 Å². The van der Waals surface area contributed by atoms with Crippen LogP contribution in [-0.2, 0) is 11.3 Å². The highest BCUT2D eigenvalue weighted by atomic mass is 32.1. The summed E-state index contributed by atoms with van der Waals surface area (Å²) in [4.78, 5) is 26.8. The van der Waals surface area contributed by atoms with Crippen LogP contribution in [-0.4, -0.2) is 30.2 Å². The van der Waals surface area contributed by atoms with Crippen molar-refractivity contribution in [2.24, 2.45) is 5.41 Å². The summed E-state index contributed by atoms with van der Waals surface area (Å²) in [7, 11) is 0. The summed E-state index contributed by atoms with van der Waals surface area (Å²) >= 11 is 1.64. The maximum Gasteiger partial charge on any atom is 0.410 e. The van der Waals surface area contributed by atoms with Crippen molar-refractivity contribution in [2.45, 2.75) is 33.4 Å². The molecule has 1 aliphatic rings. The minimum absolute atomic E-state index is 0.0713. The van der Waals surface area contributed by atoms with Crippen LogP contribution in [0.25, 0.3) is 0 Å². The predicted octanol–water partition coefficient (Wildman–Crippen LogP) is 4.61. The average molecular weight is 388 g/mol. The lowest BCUT2D eigenvalue weighted by atomic mass is 9.86. The zero-order valence-electron chi connectivity index (χ0n) is 15.8. The topological polar surface area (TPSA) is 70.7 Å². The molecular formula is C20H25N3O3S. The van der Waals surface area contributed by atoms with Crippen LogP contribution in [0, 0.1) is 5.41 Å². The number of nitrogens with zero attached hydrogens (tertiary/aromatic N) is 1. The highest BCUT2D eigenvalue weighted by molar-refractivity contribution is 7.10. The summed E-state index contributed by atoms with van der Waals surface area (Å²) in [6.45, 7) is 7.88. The molecule has 27 heavy (non-hydrogen) atoms. The fourth-order valence-electron chi connectivity index (χ4n) is 2.95. The Morgan fingerprint density at radius 3 is 2.56 bits per heavy atom. The number of benzene rings is 1. The first-order chi connectivity index (χ1) is 12.8. The van der Waals surface area contributed by atoms with Gasteiger partial charge >= 0.3 is 12.1 Å². The van der Waals surface area contributed by atoms with Crippen LogP contribution in [0.3, 0.4) is 0 Å². The van der Waals surface area contributed by atoms with Crippen molar-refractivity contribution in [3.63, 3.8) is 0 Å². The molecule has 0 unspecified atom stereocenters. The van der Waals surface area contributed by atoms with Crippen LogP contribution in [0.2, 0.25) is 0 Å². The van der Waals surface area contributed by atoms with E-state index in [-0.39, 0.29) is 23.6 Å². The van der Waals surface area contributed by atoms with Crippen LogP contribution >= 0.6 is 11.3 Å². The number of ether oxygens (including phenoxy) is 1. The molecular weight excluding hydrogens is 362 g/mol. The van der Waals surface area contributed by atoms with E-state index in [2.05, 4.69) is 31.4 Å². The first kappa shape index (κ1) is 19.2. The van der Waals surface area contributed by atoms with E-state index in [1.165, 1.54) is 0 Å². The van der Waals surface area contributed by atoms with Crippen molar-refractivity contribution in [1.82, 2.24) is 10.2 Å². The number of hydrogen-bond donors (Lipinski definition) is 2. The molecule has 3 rings (SSSR count). The number of rotatable bonds is 5. The van der Waals surface area contributed by atoms with E-state index in [9.17, 15) is 9.59 Å². The summed E-state index contributed by atoms with van der Waals surface area (Å²) in [5.74, 6) is 0. The number of amides is 3. The SMILES string of the molecule is CC(C)(C)[C@H](NC(=O)Nc1ccc(CN2CCOC2=O)cc1)c1cccs1. The minimum Gasteiger partial charge on any atom is -0.448 e. The second-order valence-electron chi connectivity index (χ2n) is 7.65. The lowest BCUT2D eigenvalue weighted by molar-refractivity contribution is 0.157. The van der Waals surface area contributed by atoms with Crippen LogP contribution in [0.5, 0.6) is 0 Å². The van der Waals surface area contributed by atoms with Crippen molar-refractivity contribution in [3.05, 3.63) is 52.2 Å². The number of cyclic esters (lactones) is 1. The van der Waals surface area contributed by atoms with Crippen LogP contribution in [0.1, 0.15) is 37.3 Å². The molecule has 2 N–H and O–H groups in total. The molecule has 1 fully saturated rings. The summed E-state index contributed by atoms with van der Waals surface area (Å²) in [6.07, 6.45) is -0.279. The van der Waals surface area contributed by atoms with Crippen molar-refractivity contribution in [2.75, 3.05) is 18.5 Å². The van der Waals surface area contributed by atoms with Gasteiger partial charge in [-0.3, -0.25) is 0 Å². The molecule has 6 nitrogen and oxygen atoms in total. The molecule has 1 aromatic carbocycles. The lowest BCUT2D eigenvalue weighted by Gasteiger charge is -2.30. The van der Waals surface area contributed by atoms with E-state index in [4.69, 9.17) is 4.74 Å². The number of carbonyl (C=O) groups is 2. The summed E-state index contributed by atoms with van der Waals surface area (Å²) in [5.41, 5.74) is 1.60. The van der Waals surface area contributed by atoms with E-state index >= 15 is 0 Å². The summed E-state index contributed by atoms with van der Waals surface area (Å²) in [6, 6.07) is 11.2. The van der Waals surface area contributed by atoms with Gasteiger partial charge in [0.2, 0.25) is 0 Å². The smallest absolute Gasteiger partial charge is 0.410 e.